The lowest BCUT2D eigenvalue weighted by Crippen LogP contribution is -2.22. The van der Waals surface area contributed by atoms with Gasteiger partial charge < -0.3 is 15.2 Å². The van der Waals surface area contributed by atoms with E-state index >= 15 is 0 Å². The smallest absolute Gasteiger partial charge is 0.412 e. The van der Waals surface area contributed by atoms with E-state index in [4.69, 9.17) is 9.84 Å². The number of carbonyl (C=O) groups is 2. The van der Waals surface area contributed by atoms with Gasteiger partial charge in [-0.3, -0.25) is 0 Å². The molecule has 1 amide bonds. The number of benzene rings is 2. The first-order chi connectivity index (χ1) is 11.0. The van der Waals surface area contributed by atoms with Crippen LogP contribution < -0.4 is 10.1 Å². The fraction of sp³-hybridized carbons (Fsp3) is 0.111. The molecule has 5 nitrogen and oxygen atoms in total. The molecule has 118 valence electrons. The fourth-order valence-corrected chi connectivity index (χ4v) is 2.16. The van der Waals surface area contributed by atoms with Crippen molar-refractivity contribution in [3.8, 4) is 5.75 Å². The van der Waals surface area contributed by atoms with Crippen molar-refractivity contribution in [1.82, 2.24) is 5.32 Å². The number of nitrogens with one attached hydrogen (secondary N) is 1. The quantitative estimate of drug-likeness (QED) is 0.850. The van der Waals surface area contributed by atoms with Gasteiger partial charge >= 0.3 is 12.1 Å². The summed E-state index contributed by atoms with van der Waals surface area (Å²) in [5.41, 5.74) is 2.86. The molecule has 0 radical (unpaired) electrons. The number of carboxylic acids is 1. The van der Waals surface area contributed by atoms with Crippen molar-refractivity contribution < 1.29 is 19.4 Å². The van der Waals surface area contributed by atoms with E-state index in [0.717, 1.165) is 16.7 Å². The van der Waals surface area contributed by atoms with Crippen LogP contribution in [0.1, 0.15) is 16.7 Å². The predicted octanol–water partition coefficient (Wildman–Crippen LogP) is 3.23. The topological polar surface area (TPSA) is 75.6 Å². The second-order valence-corrected chi connectivity index (χ2v) is 4.88. The van der Waals surface area contributed by atoms with Crippen LogP contribution >= 0.6 is 0 Å². The molecule has 2 rings (SSSR count). The maximum atomic E-state index is 11.3. The van der Waals surface area contributed by atoms with E-state index < -0.39 is 12.1 Å². The zero-order chi connectivity index (χ0) is 16.8. The lowest BCUT2D eigenvalue weighted by Gasteiger charge is -2.11. The number of hydrogen-bond donors (Lipinski definition) is 2. The van der Waals surface area contributed by atoms with E-state index in [1.807, 2.05) is 30.3 Å². The third-order valence-electron chi connectivity index (χ3n) is 3.25. The lowest BCUT2D eigenvalue weighted by atomic mass is 9.96. The molecule has 0 aliphatic carbocycles. The molecule has 2 aromatic carbocycles. The summed E-state index contributed by atoms with van der Waals surface area (Å²) in [7, 11) is 1.48. The summed E-state index contributed by atoms with van der Waals surface area (Å²) >= 11 is 0. The minimum Gasteiger partial charge on any atom is -0.478 e. The van der Waals surface area contributed by atoms with Gasteiger partial charge in [0.2, 0.25) is 0 Å². The Morgan fingerprint density at radius 3 is 2.35 bits per heavy atom. The normalized spacial score (nSPS) is 11.0. The van der Waals surface area contributed by atoms with Crippen molar-refractivity contribution in [3.05, 3.63) is 71.3 Å². The number of aliphatic carboxylic acids is 1. The number of carbonyl (C=O) groups excluding carboxylic acids is 1. The van der Waals surface area contributed by atoms with Gasteiger partial charge in [0, 0.05) is 13.1 Å². The Morgan fingerprint density at radius 2 is 1.78 bits per heavy atom. The molecule has 0 heterocycles. The minimum atomic E-state index is -1.02. The van der Waals surface area contributed by atoms with Crippen LogP contribution in [0.25, 0.3) is 5.57 Å². The van der Waals surface area contributed by atoms with Crippen LogP contribution in [0, 0.1) is 6.92 Å². The summed E-state index contributed by atoms with van der Waals surface area (Å²) in [6, 6.07) is 14.4. The zero-order valence-electron chi connectivity index (χ0n) is 12.9. The average molecular weight is 311 g/mol. The van der Waals surface area contributed by atoms with Crippen LogP contribution in [0.4, 0.5) is 4.79 Å². The number of aryl methyl sites for hydroxylation is 1. The average Bonchev–Trinajstić information content (AvgIpc) is 2.55. The first-order valence-electron chi connectivity index (χ1n) is 7.02. The molecule has 2 aromatic rings. The number of hydrogen-bond acceptors (Lipinski definition) is 3. The third-order valence-corrected chi connectivity index (χ3v) is 3.25. The summed E-state index contributed by atoms with van der Waals surface area (Å²) in [5.74, 6) is -0.594. The SMILES string of the molecule is CNC(=O)Oc1ccc(/C(=C/C(=O)O)c2ccccc2)cc1C. The van der Waals surface area contributed by atoms with Gasteiger partial charge in [0.05, 0.1) is 0 Å². The van der Waals surface area contributed by atoms with Crippen molar-refractivity contribution >= 4 is 17.6 Å². The van der Waals surface area contributed by atoms with E-state index in [1.165, 1.54) is 13.1 Å². The Hall–Kier alpha value is -3.08. The van der Waals surface area contributed by atoms with Crippen LogP contribution in [-0.4, -0.2) is 24.2 Å². The van der Waals surface area contributed by atoms with E-state index in [0.29, 0.717) is 11.3 Å². The van der Waals surface area contributed by atoms with Gasteiger partial charge in [-0.05, 0) is 41.3 Å². The molecule has 0 aliphatic heterocycles. The van der Waals surface area contributed by atoms with Gasteiger partial charge in [0.25, 0.3) is 0 Å². The highest BCUT2D eigenvalue weighted by Crippen LogP contribution is 2.28. The molecule has 0 aliphatic rings. The Bertz CT molecular complexity index is 751. The molecule has 0 unspecified atom stereocenters. The summed E-state index contributed by atoms with van der Waals surface area (Å²) in [6.45, 7) is 1.80. The highest BCUT2D eigenvalue weighted by Gasteiger charge is 2.11. The lowest BCUT2D eigenvalue weighted by molar-refractivity contribution is -0.131. The first kappa shape index (κ1) is 16.3. The zero-order valence-corrected chi connectivity index (χ0v) is 12.9. The Balaban J connectivity index is 2.43. The van der Waals surface area contributed by atoms with Crippen LogP contribution in [-0.2, 0) is 4.79 Å². The molecule has 23 heavy (non-hydrogen) atoms. The molecule has 0 aromatic heterocycles. The molecule has 0 spiro atoms. The maximum absolute atomic E-state index is 11.3. The van der Waals surface area contributed by atoms with E-state index in [9.17, 15) is 9.59 Å². The maximum Gasteiger partial charge on any atom is 0.412 e. The number of rotatable bonds is 4. The number of ether oxygens (including phenoxy) is 1. The summed E-state index contributed by atoms with van der Waals surface area (Å²) in [6.07, 6.45) is 0.619. The Labute approximate surface area is 134 Å². The van der Waals surface area contributed by atoms with Crippen molar-refractivity contribution in [2.75, 3.05) is 7.05 Å². The number of carboxylic acid groups (broad SMARTS) is 1. The van der Waals surface area contributed by atoms with Crippen molar-refractivity contribution in [3.63, 3.8) is 0 Å². The van der Waals surface area contributed by atoms with Crippen molar-refractivity contribution in [2.45, 2.75) is 6.92 Å². The molecule has 0 fully saturated rings. The molecule has 0 saturated carbocycles. The molecule has 2 N–H and O–H groups in total. The Morgan fingerprint density at radius 1 is 1.09 bits per heavy atom. The molecule has 0 atom stereocenters. The summed E-state index contributed by atoms with van der Waals surface area (Å²) in [5, 5.41) is 11.5. The van der Waals surface area contributed by atoms with Gasteiger partial charge in [-0.15, -0.1) is 0 Å². The third kappa shape index (κ3) is 4.20. The second kappa shape index (κ2) is 7.26. The molecule has 0 saturated heterocycles. The van der Waals surface area contributed by atoms with Gasteiger partial charge in [-0.25, -0.2) is 9.59 Å². The van der Waals surface area contributed by atoms with Gasteiger partial charge in [-0.2, -0.15) is 0 Å². The van der Waals surface area contributed by atoms with E-state index in [-0.39, 0.29) is 0 Å². The monoisotopic (exact) mass is 311 g/mol. The molecular formula is C18H17NO4. The van der Waals surface area contributed by atoms with Crippen LogP contribution in [0.5, 0.6) is 5.75 Å². The largest absolute Gasteiger partial charge is 0.478 e. The first-order valence-corrected chi connectivity index (χ1v) is 7.02. The second-order valence-electron chi connectivity index (χ2n) is 4.88. The molecule has 0 bridgehead atoms. The van der Waals surface area contributed by atoms with Crippen molar-refractivity contribution in [2.24, 2.45) is 0 Å². The standard InChI is InChI=1S/C18H17NO4/c1-12-10-14(8-9-16(12)23-18(22)19-2)15(11-17(20)21)13-6-4-3-5-7-13/h3-11H,1-2H3,(H,19,22)(H,20,21)/b15-11+. The van der Waals surface area contributed by atoms with Gasteiger partial charge in [0.15, 0.2) is 0 Å². The van der Waals surface area contributed by atoms with Gasteiger partial charge in [0.1, 0.15) is 5.75 Å². The van der Waals surface area contributed by atoms with Crippen LogP contribution in [0.2, 0.25) is 0 Å². The molecular weight excluding hydrogens is 294 g/mol. The Kier molecular flexibility index (Phi) is 5.15. The summed E-state index contributed by atoms with van der Waals surface area (Å²) in [4.78, 5) is 22.4. The molecule has 5 heteroatoms. The predicted molar refractivity (Wildman–Crippen MR) is 87.4 cm³/mol. The van der Waals surface area contributed by atoms with E-state index in [2.05, 4.69) is 5.32 Å². The van der Waals surface area contributed by atoms with Crippen molar-refractivity contribution in [1.29, 1.82) is 0 Å². The van der Waals surface area contributed by atoms with Crippen LogP contribution in [0.15, 0.2) is 54.6 Å². The highest BCUT2D eigenvalue weighted by molar-refractivity contribution is 5.95. The highest BCUT2D eigenvalue weighted by atomic mass is 16.6. The van der Waals surface area contributed by atoms with E-state index in [1.54, 1.807) is 25.1 Å². The number of amides is 1. The summed E-state index contributed by atoms with van der Waals surface area (Å²) < 4.78 is 5.13. The van der Waals surface area contributed by atoms with Crippen LogP contribution in [0.3, 0.4) is 0 Å². The van der Waals surface area contributed by atoms with Gasteiger partial charge in [-0.1, -0.05) is 36.4 Å². The minimum absolute atomic E-state index is 0.427. The fourth-order valence-electron chi connectivity index (χ4n) is 2.16.